The zero-order valence-electron chi connectivity index (χ0n) is 6.57. The van der Waals surface area contributed by atoms with Gasteiger partial charge in [0.15, 0.2) is 0 Å². The minimum Gasteiger partial charge on any atom is -0.0776 e. The summed E-state index contributed by atoms with van der Waals surface area (Å²) in [5, 5.41) is 0. The summed E-state index contributed by atoms with van der Waals surface area (Å²) < 4.78 is 0. The number of rotatable bonds is 3. The summed E-state index contributed by atoms with van der Waals surface area (Å²) in [5.74, 6) is 1.81. The molecule has 0 N–H and O–H groups in total. The number of hydrogen-bond acceptors (Lipinski definition) is 0. The molecule has 0 heteroatoms. The molecule has 0 amide bonds. The molecule has 0 aliphatic heterocycles. The molecular formula is C14H42. The maximum Gasteiger partial charge on any atom is -0.0443 e. The largest absolute Gasteiger partial charge is 0.0776 e. The molecule has 0 heterocycles. The lowest BCUT2D eigenvalue weighted by Crippen LogP contribution is -1.97. The van der Waals surface area contributed by atoms with E-state index in [0.29, 0.717) is 0 Å². The molecule has 1 atom stereocenters. The molecule has 0 spiro atoms. The summed E-state index contributed by atoms with van der Waals surface area (Å²) in [6.07, 6.45) is 2.72. The zero-order chi connectivity index (χ0) is 6.57. The monoisotopic (exact) mass is 210 g/mol. The smallest absolute Gasteiger partial charge is 0.0443 e. The van der Waals surface area contributed by atoms with Gasteiger partial charge in [-0.15, -0.1) is 0 Å². The molecule has 0 aliphatic rings. The van der Waals surface area contributed by atoms with E-state index in [1.165, 1.54) is 12.8 Å². The third-order valence-corrected chi connectivity index (χ3v) is 1.57. The van der Waals surface area contributed by atoms with E-state index < -0.39 is 0 Å². The molecule has 1 unspecified atom stereocenters. The first kappa shape index (κ1) is 48.3. The van der Waals surface area contributed by atoms with Crippen LogP contribution in [0.1, 0.15) is 85.1 Å². The highest BCUT2D eigenvalue weighted by atomic mass is 14.1. The van der Waals surface area contributed by atoms with Crippen molar-refractivity contribution in [2.75, 3.05) is 0 Å². The van der Waals surface area contributed by atoms with Gasteiger partial charge in [0.1, 0.15) is 0 Å². The van der Waals surface area contributed by atoms with Gasteiger partial charge in [0, 0.05) is 0 Å². The van der Waals surface area contributed by atoms with Crippen LogP contribution in [0.3, 0.4) is 0 Å². The van der Waals surface area contributed by atoms with Crippen LogP contribution in [0.2, 0.25) is 0 Å². The minimum absolute atomic E-state index is 0. The van der Waals surface area contributed by atoms with Crippen molar-refractivity contribution in [3.63, 3.8) is 0 Å². The summed E-state index contributed by atoms with van der Waals surface area (Å²) >= 11 is 0. The summed E-state index contributed by atoms with van der Waals surface area (Å²) in [6, 6.07) is 0. The average Bonchev–Trinajstić information content (AvgIpc) is 1.65. The standard InChI is InChI=1S/C8H18.6CH4/c1-5-8(4)6-7(2)3;;;;;;/h7-8H,5-6H2,1-4H3;6*1H4. The molecule has 0 aliphatic carbocycles. The Morgan fingerprint density at radius 2 is 1.00 bits per heavy atom. The summed E-state index contributed by atoms with van der Waals surface area (Å²) in [4.78, 5) is 0. The van der Waals surface area contributed by atoms with Crippen molar-refractivity contribution in [3.05, 3.63) is 0 Å². The predicted molar refractivity (Wildman–Crippen MR) is 79.3 cm³/mol. The predicted octanol–water partition coefficient (Wildman–Crippen LogP) is 6.90. The van der Waals surface area contributed by atoms with E-state index >= 15 is 0 Å². The summed E-state index contributed by atoms with van der Waals surface area (Å²) in [5.41, 5.74) is 0. The van der Waals surface area contributed by atoms with Gasteiger partial charge >= 0.3 is 0 Å². The molecule has 14 heavy (non-hydrogen) atoms. The van der Waals surface area contributed by atoms with E-state index in [1.807, 2.05) is 0 Å². The molecule has 0 fully saturated rings. The molecule has 0 aromatic heterocycles. The fourth-order valence-electron chi connectivity index (χ4n) is 0.971. The van der Waals surface area contributed by atoms with Gasteiger partial charge in [-0.2, -0.15) is 0 Å². The van der Waals surface area contributed by atoms with Crippen molar-refractivity contribution < 1.29 is 0 Å². The van der Waals surface area contributed by atoms with Crippen LogP contribution in [-0.4, -0.2) is 0 Å². The van der Waals surface area contributed by atoms with Gasteiger partial charge in [0.25, 0.3) is 0 Å². The van der Waals surface area contributed by atoms with Gasteiger partial charge in [-0.3, -0.25) is 0 Å². The maximum absolute atomic E-state index is 2.32. The molecule has 0 saturated carbocycles. The van der Waals surface area contributed by atoms with Crippen molar-refractivity contribution in [3.8, 4) is 0 Å². The normalized spacial score (nSPS) is 8.36. The Kier molecular flexibility index (Phi) is 101. The van der Waals surface area contributed by atoms with Crippen LogP contribution in [0, 0.1) is 11.8 Å². The zero-order valence-corrected chi connectivity index (χ0v) is 6.57. The van der Waals surface area contributed by atoms with Crippen molar-refractivity contribution in [2.24, 2.45) is 11.8 Å². The molecule has 0 aromatic rings. The highest BCUT2D eigenvalue weighted by Crippen LogP contribution is 2.12. The van der Waals surface area contributed by atoms with E-state index in [1.54, 1.807) is 0 Å². The van der Waals surface area contributed by atoms with Crippen molar-refractivity contribution in [1.82, 2.24) is 0 Å². The van der Waals surface area contributed by atoms with Gasteiger partial charge in [-0.25, -0.2) is 0 Å². The second kappa shape index (κ2) is 29.2. The Morgan fingerprint density at radius 3 is 1.07 bits per heavy atom. The molecule has 0 aromatic carbocycles. The molecule has 0 bridgehead atoms. The fraction of sp³-hybridized carbons (Fsp3) is 1.00. The van der Waals surface area contributed by atoms with E-state index in [2.05, 4.69) is 27.7 Å². The van der Waals surface area contributed by atoms with Crippen molar-refractivity contribution >= 4 is 0 Å². The summed E-state index contributed by atoms with van der Waals surface area (Å²) in [7, 11) is 0. The summed E-state index contributed by atoms with van der Waals surface area (Å²) in [6.45, 7) is 9.14. The molecule has 0 radical (unpaired) electrons. The molecule has 0 rings (SSSR count). The van der Waals surface area contributed by atoms with Crippen LogP contribution in [0.5, 0.6) is 0 Å². The Bertz CT molecular complexity index is 46.0. The first-order chi connectivity index (χ1) is 3.66. The lowest BCUT2D eigenvalue weighted by Gasteiger charge is -2.09. The Labute approximate surface area is 97.5 Å². The second-order valence-corrected chi connectivity index (χ2v) is 3.14. The fourth-order valence-corrected chi connectivity index (χ4v) is 0.971. The SMILES string of the molecule is C.C.C.C.C.C.CCC(C)CC(C)C. The van der Waals surface area contributed by atoms with E-state index in [4.69, 9.17) is 0 Å². The van der Waals surface area contributed by atoms with Crippen LogP contribution in [-0.2, 0) is 0 Å². The maximum atomic E-state index is 2.32. The van der Waals surface area contributed by atoms with E-state index in [-0.39, 0.29) is 44.6 Å². The molecule has 0 saturated heterocycles. The molecular weight excluding hydrogens is 168 g/mol. The quantitative estimate of drug-likeness (QED) is 0.475. The van der Waals surface area contributed by atoms with Crippen molar-refractivity contribution in [1.29, 1.82) is 0 Å². The first-order valence-corrected chi connectivity index (χ1v) is 3.66. The second-order valence-electron chi connectivity index (χ2n) is 3.14. The van der Waals surface area contributed by atoms with E-state index in [0.717, 1.165) is 11.8 Å². The van der Waals surface area contributed by atoms with Gasteiger partial charge in [-0.1, -0.05) is 78.7 Å². The molecule has 0 nitrogen and oxygen atoms in total. The van der Waals surface area contributed by atoms with Crippen LogP contribution < -0.4 is 0 Å². The van der Waals surface area contributed by atoms with Crippen molar-refractivity contribution in [2.45, 2.75) is 85.1 Å². The Hall–Kier alpha value is 0. The third kappa shape index (κ3) is 40.3. The van der Waals surface area contributed by atoms with Gasteiger partial charge in [0.05, 0.1) is 0 Å². The van der Waals surface area contributed by atoms with E-state index in [9.17, 15) is 0 Å². The first-order valence-electron chi connectivity index (χ1n) is 3.66. The third-order valence-electron chi connectivity index (χ3n) is 1.57. The molecule has 98 valence electrons. The van der Waals surface area contributed by atoms with Crippen LogP contribution in [0.4, 0.5) is 0 Å². The highest BCUT2D eigenvalue weighted by Gasteiger charge is 2.00. The highest BCUT2D eigenvalue weighted by molar-refractivity contribution is 4.52. The van der Waals surface area contributed by atoms with Crippen LogP contribution in [0.25, 0.3) is 0 Å². The average molecular weight is 210 g/mol. The number of hydrogen-bond donors (Lipinski definition) is 0. The van der Waals surface area contributed by atoms with Gasteiger partial charge in [-0.05, 0) is 18.3 Å². The van der Waals surface area contributed by atoms with Gasteiger partial charge in [0.2, 0.25) is 0 Å². The minimum atomic E-state index is 0. The van der Waals surface area contributed by atoms with Crippen LogP contribution in [0.15, 0.2) is 0 Å². The topological polar surface area (TPSA) is 0 Å². The lowest BCUT2D eigenvalue weighted by atomic mass is 9.97. The Balaban J connectivity index is -0.0000000163. The lowest BCUT2D eigenvalue weighted by molar-refractivity contribution is 0.429. The Morgan fingerprint density at radius 1 is 0.714 bits per heavy atom. The van der Waals surface area contributed by atoms with Gasteiger partial charge < -0.3 is 0 Å². The van der Waals surface area contributed by atoms with Crippen LogP contribution >= 0.6 is 0 Å².